The number of rotatable bonds is 6. The van der Waals surface area contributed by atoms with Crippen LogP contribution in [-0.4, -0.2) is 48.3 Å². The molecule has 9 nitrogen and oxygen atoms in total. The summed E-state index contributed by atoms with van der Waals surface area (Å²) in [5, 5.41) is 21.2. The fraction of sp³-hybridized carbons (Fsp3) is 0.143. The molecule has 3 aromatic carbocycles. The van der Waals surface area contributed by atoms with Crippen LogP contribution in [0.15, 0.2) is 51.4 Å². The number of furan rings is 1. The van der Waals surface area contributed by atoms with Gasteiger partial charge in [0.1, 0.15) is 11.2 Å². The first-order valence-corrected chi connectivity index (χ1v) is 11.9. The Morgan fingerprint density at radius 2 is 1.50 bits per heavy atom. The lowest BCUT2D eigenvalue weighted by molar-refractivity contribution is -0.136. The molecule has 0 amide bonds. The number of carbonyl (C=O) groups is 4. The van der Waals surface area contributed by atoms with E-state index in [9.17, 15) is 29.4 Å². The Bertz CT molecular complexity index is 1690. The van der Waals surface area contributed by atoms with Crippen molar-refractivity contribution in [2.75, 3.05) is 14.2 Å². The minimum Gasteiger partial charge on any atom is -0.478 e. The highest BCUT2D eigenvalue weighted by Gasteiger charge is 2.35. The highest BCUT2D eigenvalue weighted by Crippen LogP contribution is 2.47. The number of ether oxygens (including phenoxy) is 2. The summed E-state index contributed by atoms with van der Waals surface area (Å²) in [4.78, 5) is 50.8. The second-order valence-corrected chi connectivity index (χ2v) is 9.19. The van der Waals surface area contributed by atoms with Gasteiger partial charge in [0.15, 0.2) is 0 Å². The van der Waals surface area contributed by atoms with Gasteiger partial charge < -0.3 is 24.1 Å². The Hall–Kier alpha value is -4.44. The summed E-state index contributed by atoms with van der Waals surface area (Å²) in [6.45, 7) is 3.65. The van der Waals surface area contributed by atoms with E-state index in [1.54, 1.807) is 43.3 Å². The first-order chi connectivity index (χ1) is 18.0. The van der Waals surface area contributed by atoms with E-state index in [-0.39, 0.29) is 22.1 Å². The molecule has 0 saturated heterocycles. The van der Waals surface area contributed by atoms with Gasteiger partial charge in [-0.05, 0) is 36.6 Å². The topological polar surface area (TPSA) is 140 Å². The third-order valence-corrected chi connectivity index (χ3v) is 7.16. The molecule has 0 aliphatic carbocycles. The average molecular weight is 581 g/mol. The number of hydrogen-bond acceptors (Lipinski definition) is 7. The van der Waals surface area contributed by atoms with Crippen molar-refractivity contribution in [2.45, 2.75) is 13.8 Å². The zero-order valence-corrected chi connectivity index (χ0v) is 22.3. The molecule has 4 aromatic rings. The van der Waals surface area contributed by atoms with E-state index in [4.69, 9.17) is 9.15 Å². The van der Waals surface area contributed by atoms with Crippen molar-refractivity contribution < 1.29 is 43.3 Å². The van der Waals surface area contributed by atoms with Crippen LogP contribution in [-0.2, 0) is 19.1 Å². The maximum absolute atomic E-state index is 13.0. The zero-order chi connectivity index (χ0) is 27.9. The van der Waals surface area contributed by atoms with Crippen molar-refractivity contribution in [3.63, 3.8) is 0 Å². The second-order valence-electron chi connectivity index (χ2n) is 8.34. The molecule has 0 unspecified atom stereocenters. The summed E-state index contributed by atoms with van der Waals surface area (Å²) in [5.74, 6) is -5.24. The van der Waals surface area contributed by atoms with Crippen LogP contribution in [0.1, 0.15) is 37.4 Å². The Balaban J connectivity index is 2.45. The van der Waals surface area contributed by atoms with Crippen LogP contribution in [0.5, 0.6) is 0 Å². The lowest BCUT2D eigenvalue weighted by Gasteiger charge is -2.17. The van der Waals surface area contributed by atoms with E-state index < -0.39 is 40.6 Å². The molecule has 0 saturated carbocycles. The molecule has 2 N–H and O–H groups in total. The van der Waals surface area contributed by atoms with Gasteiger partial charge in [-0.1, -0.05) is 46.3 Å². The summed E-state index contributed by atoms with van der Waals surface area (Å²) in [5.41, 5.74) is 0.185. The fourth-order valence-electron chi connectivity index (χ4n) is 4.45. The van der Waals surface area contributed by atoms with E-state index in [2.05, 4.69) is 20.7 Å². The van der Waals surface area contributed by atoms with E-state index in [0.717, 1.165) is 25.9 Å². The zero-order valence-electron chi connectivity index (χ0n) is 20.7. The summed E-state index contributed by atoms with van der Waals surface area (Å²) >= 11 is 3.51. The van der Waals surface area contributed by atoms with Crippen LogP contribution >= 0.6 is 15.9 Å². The molecule has 194 valence electrons. The van der Waals surface area contributed by atoms with Gasteiger partial charge in [0, 0.05) is 32.4 Å². The molecule has 4 rings (SSSR count). The van der Waals surface area contributed by atoms with Crippen LogP contribution in [0.4, 0.5) is 0 Å². The molecule has 0 radical (unpaired) electrons. The predicted molar refractivity (Wildman–Crippen MR) is 142 cm³/mol. The smallest absolute Gasteiger partial charge is 0.338 e. The van der Waals surface area contributed by atoms with Crippen LogP contribution in [0, 0.1) is 13.8 Å². The Kier molecular flexibility index (Phi) is 7.10. The molecule has 1 heterocycles. The summed E-state index contributed by atoms with van der Waals surface area (Å²) in [6, 6.07) is 10.0. The van der Waals surface area contributed by atoms with Gasteiger partial charge in [0.2, 0.25) is 0 Å². The first-order valence-electron chi connectivity index (χ1n) is 11.2. The summed E-state index contributed by atoms with van der Waals surface area (Å²) in [7, 11) is 2.14. The van der Waals surface area contributed by atoms with E-state index in [1.807, 2.05) is 6.92 Å². The maximum atomic E-state index is 13.0. The van der Waals surface area contributed by atoms with Crippen molar-refractivity contribution >= 4 is 67.3 Å². The van der Waals surface area contributed by atoms with Gasteiger partial charge in [-0.2, -0.15) is 0 Å². The lowest BCUT2D eigenvalue weighted by Crippen LogP contribution is -2.17. The van der Waals surface area contributed by atoms with E-state index in [1.165, 1.54) is 0 Å². The highest BCUT2D eigenvalue weighted by molar-refractivity contribution is 9.10. The molecular formula is C28H21BrO9. The molecule has 0 fully saturated rings. The van der Waals surface area contributed by atoms with Crippen molar-refractivity contribution in [3.05, 3.63) is 74.8 Å². The van der Waals surface area contributed by atoms with Crippen LogP contribution in [0.2, 0.25) is 0 Å². The minimum absolute atomic E-state index is 0.0147. The summed E-state index contributed by atoms with van der Waals surface area (Å²) < 4.78 is 16.5. The number of carbonyl (C=O) groups excluding carboxylic acids is 2. The maximum Gasteiger partial charge on any atom is 0.338 e. The normalized spacial score (nSPS) is 11.6. The van der Waals surface area contributed by atoms with Gasteiger partial charge in [0.25, 0.3) is 0 Å². The molecular weight excluding hydrogens is 560 g/mol. The van der Waals surface area contributed by atoms with E-state index >= 15 is 0 Å². The molecule has 0 aliphatic heterocycles. The Labute approximate surface area is 224 Å². The van der Waals surface area contributed by atoms with Crippen molar-refractivity contribution in [1.82, 2.24) is 0 Å². The molecule has 0 spiro atoms. The third-order valence-electron chi connectivity index (χ3n) is 6.33. The van der Waals surface area contributed by atoms with Crippen molar-refractivity contribution in [1.29, 1.82) is 0 Å². The number of halogens is 1. The predicted octanol–water partition coefficient (Wildman–Crippen LogP) is 5.76. The number of aryl methyl sites for hydroxylation is 1. The van der Waals surface area contributed by atoms with Gasteiger partial charge in [-0.3, -0.25) is 0 Å². The number of methoxy groups -OCH3 is 2. The largest absolute Gasteiger partial charge is 0.478 e. The van der Waals surface area contributed by atoms with E-state index in [0.29, 0.717) is 26.6 Å². The number of aromatic carboxylic acids is 2. The van der Waals surface area contributed by atoms with Gasteiger partial charge >= 0.3 is 23.9 Å². The standard InChI is InChI=1S/C28H21BrO9/c1-12-13(2)24-15(10-17(12)29)21-20(16(28(35)37-4)11-18(30)36-3)23(27(33)34)22(26(31)32)19(25(21)38-24)14-8-6-5-7-9-14/h5-11H,1-4H3,(H,31,32)(H,33,34)/b16-11-. The number of esters is 2. The highest BCUT2D eigenvalue weighted by atomic mass is 79.9. The summed E-state index contributed by atoms with van der Waals surface area (Å²) in [6.07, 6.45) is 0.774. The van der Waals surface area contributed by atoms with Crippen molar-refractivity contribution in [3.8, 4) is 11.1 Å². The average Bonchev–Trinajstić information content (AvgIpc) is 3.27. The first kappa shape index (κ1) is 26.6. The Morgan fingerprint density at radius 1 is 0.868 bits per heavy atom. The Morgan fingerprint density at radius 3 is 2.05 bits per heavy atom. The van der Waals surface area contributed by atoms with Crippen LogP contribution in [0.25, 0.3) is 38.6 Å². The second kappa shape index (κ2) is 10.1. The fourth-order valence-corrected chi connectivity index (χ4v) is 4.98. The third kappa shape index (κ3) is 4.22. The quantitative estimate of drug-likeness (QED) is 0.215. The molecule has 38 heavy (non-hydrogen) atoms. The monoisotopic (exact) mass is 580 g/mol. The van der Waals surface area contributed by atoms with Gasteiger partial charge in [-0.15, -0.1) is 0 Å². The van der Waals surface area contributed by atoms with Crippen LogP contribution in [0.3, 0.4) is 0 Å². The molecule has 0 atom stereocenters. The number of carboxylic acids is 2. The number of carboxylic acid groups (broad SMARTS) is 2. The van der Waals surface area contributed by atoms with Gasteiger partial charge in [-0.25, -0.2) is 19.2 Å². The molecule has 0 bridgehead atoms. The number of benzene rings is 3. The molecule has 10 heteroatoms. The van der Waals surface area contributed by atoms with Crippen molar-refractivity contribution in [2.24, 2.45) is 0 Å². The number of fused-ring (bicyclic) bond motifs is 3. The minimum atomic E-state index is -1.63. The molecule has 1 aromatic heterocycles. The van der Waals surface area contributed by atoms with Crippen LogP contribution < -0.4 is 0 Å². The number of hydrogen-bond donors (Lipinski definition) is 2. The lowest BCUT2D eigenvalue weighted by atomic mass is 9.84. The molecule has 0 aliphatic rings. The SMILES string of the molecule is COC(=O)/C=C(\C(=O)OC)c1c(C(=O)O)c(C(=O)O)c(-c2ccccc2)c2oc3c(C)c(C)c(Br)cc3c12. The van der Waals surface area contributed by atoms with Gasteiger partial charge in [0.05, 0.1) is 30.9 Å².